The third-order valence-electron chi connectivity index (χ3n) is 3.67. The van der Waals surface area contributed by atoms with Crippen LogP contribution in [0.15, 0.2) is 71.0 Å². The van der Waals surface area contributed by atoms with Gasteiger partial charge in [0.1, 0.15) is 11.2 Å². The van der Waals surface area contributed by atoms with Crippen LogP contribution >= 0.6 is 0 Å². The lowest BCUT2D eigenvalue weighted by molar-refractivity contribution is -0.133. The molecule has 0 heterocycles. The lowest BCUT2D eigenvalue weighted by Crippen LogP contribution is -2.22. The van der Waals surface area contributed by atoms with Crippen molar-refractivity contribution in [2.75, 3.05) is 14.2 Å². The molecule has 0 aliphatic heterocycles. The van der Waals surface area contributed by atoms with Crippen molar-refractivity contribution in [3.8, 4) is 0 Å². The van der Waals surface area contributed by atoms with Gasteiger partial charge in [-0.05, 0) is 41.5 Å². The van der Waals surface area contributed by atoms with Gasteiger partial charge >= 0.3 is 11.9 Å². The van der Waals surface area contributed by atoms with Crippen molar-refractivity contribution in [1.82, 2.24) is 0 Å². The van der Waals surface area contributed by atoms with Gasteiger partial charge in [0.2, 0.25) is 0 Å². The van der Waals surface area contributed by atoms with Crippen LogP contribution in [0.25, 0.3) is 0 Å². The fourth-order valence-electron chi connectivity index (χ4n) is 2.17. The van der Waals surface area contributed by atoms with Crippen LogP contribution < -0.4 is 0 Å². The molecule has 0 unspecified atom stereocenters. The Balaban J connectivity index is 0.000000340. The number of oxime groups is 2. The number of hydrogen-bond donors (Lipinski definition) is 0. The van der Waals surface area contributed by atoms with Crippen LogP contribution in [-0.4, -0.2) is 48.8 Å². The van der Waals surface area contributed by atoms with E-state index in [9.17, 15) is 9.59 Å². The number of rotatable bonds is 6. The van der Waals surface area contributed by atoms with E-state index >= 15 is 0 Å². The lowest BCUT2D eigenvalue weighted by atomic mass is 10.1. The molecule has 0 atom stereocenters. The molecule has 0 radical (unpaired) electrons. The van der Waals surface area contributed by atoms with Crippen molar-refractivity contribution < 1.29 is 28.7 Å². The minimum atomic E-state index is -0.513. The summed E-state index contributed by atoms with van der Waals surface area (Å²) in [6.45, 7) is 11.1. The molecule has 0 fully saturated rings. The summed E-state index contributed by atoms with van der Waals surface area (Å²) in [5.41, 5.74) is 0.778. The third kappa shape index (κ3) is 10.8. The van der Waals surface area contributed by atoms with Crippen LogP contribution in [0.2, 0.25) is 0 Å². The first kappa shape index (κ1) is 28.4. The minimum absolute atomic E-state index is 0.169. The molecule has 0 saturated heterocycles. The van der Waals surface area contributed by atoms with Crippen molar-refractivity contribution in [1.29, 1.82) is 0 Å². The number of carbonyl (C=O) groups excluding carboxylic acids is 2. The molecule has 34 heavy (non-hydrogen) atoms. The van der Waals surface area contributed by atoms with Gasteiger partial charge in [0, 0.05) is 11.1 Å². The SMILES string of the molecule is COC(=O)/C(=N/OC(C)(C)C)c1ccccc1.COC(=O)/C(=N\OC(C)(C)C)c1ccccc1. The van der Waals surface area contributed by atoms with Crippen molar-refractivity contribution in [2.24, 2.45) is 10.3 Å². The second kappa shape index (κ2) is 13.1. The molecule has 0 spiro atoms. The fourth-order valence-corrected chi connectivity index (χ4v) is 2.17. The molecule has 8 nitrogen and oxygen atoms in total. The summed E-state index contributed by atoms with van der Waals surface area (Å²) in [6, 6.07) is 18.1. The Hall–Kier alpha value is -3.68. The standard InChI is InChI=1S/2C13H17NO3/c2*1-13(2,3)17-14-11(12(15)16-4)10-8-6-5-7-9-10/h2*5-9H,1-4H3/b14-11+;14-11-. The van der Waals surface area contributed by atoms with E-state index in [0.29, 0.717) is 11.1 Å². The summed E-state index contributed by atoms with van der Waals surface area (Å²) in [5.74, 6) is -1.03. The first-order chi connectivity index (χ1) is 15.9. The molecular formula is C26H34N2O6. The number of benzene rings is 2. The maximum atomic E-state index is 11.6. The van der Waals surface area contributed by atoms with E-state index in [1.807, 2.05) is 77.9 Å². The molecule has 2 rings (SSSR count). The summed E-state index contributed by atoms with van der Waals surface area (Å²) < 4.78 is 9.36. The van der Waals surface area contributed by atoms with Crippen molar-refractivity contribution in [3.05, 3.63) is 71.8 Å². The molecule has 0 aliphatic carbocycles. The predicted molar refractivity (Wildman–Crippen MR) is 132 cm³/mol. The van der Waals surface area contributed by atoms with Gasteiger partial charge < -0.3 is 19.1 Å². The summed E-state index contributed by atoms with van der Waals surface area (Å²) in [4.78, 5) is 33.7. The largest absolute Gasteiger partial charge is 0.464 e. The van der Waals surface area contributed by atoms with Crippen LogP contribution in [0.5, 0.6) is 0 Å². The summed E-state index contributed by atoms with van der Waals surface area (Å²) in [6.07, 6.45) is 0. The van der Waals surface area contributed by atoms with E-state index < -0.39 is 23.1 Å². The van der Waals surface area contributed by atoms with E-state index in [-0.39, 0.29) is 11.4 Å². The fraction of sp³-hybridized carbons (Fsp3) is 0.385. The second-order valence-corrected chi connectivity index (χ2v) is 9.00. The van der Waals surface area contributed by atoms with E-state index in [2.05, 4.69) is 19.8 Å². The maximum absolute atomic E-state index is 11.6. The summed E-state index contributed by atoms with van der Waals surface area (Å²) in [5, 5.41) is 7.76. The summed E-state index contributed by atoms with van der Waals surface area (Å²) in [7, 11) is 2.63. The quantitative estimate of drug-likeness (QED) is 0.343. The smallest absolute Gasteiger partial charge is 0.360 e. The number of hydrogen-bond acceptors (Lipinski definition) is 8. The monoisotopic (exact) mass is 470 g/mol. The first-order valence-electron chi connectivity index (χ1n) is 10.7. The average Bonchev–Trinajstić information content (AvgIpc) is 2.79. The van der Waals surface area contributed by atoms with Crippen molar-refractivity contribution >= 4 is 23.4 Å². The van der Waals surface area contributed by atoms with Crippen molar-refractivity contribution in [2.45, 2.75) is 52.7 Å². The average molecular weight is 471 g/mol. The molecule has 8 heteroatoms. The Morgan fingerprint density at radius 2 is 0.882 bits per heavy atom. The van der Waals surface area contributed by atoms with Gasteiger partial charge in [0.15, 0.2) is 11.4 Å². The summed E-state index contributed by atoms with van der Waals surface area (Å²) >= 11 is 0. The number of carbonyl (C=O) groups is 2. The highest BCUT2D eigenvalue weighted by atomic mass is 16.7. The van der Waals surface area contributed by atoms with E-state index in [1.54, 1.807) is 24.3 Å². The molecule has 0 N–H and O–H groups in total. The van der Waals surface area contributed by atoms with Gasteiger partial charge in [0.25, 0.3) is 0 Å². The second-order valence-electron chi connectivity index (χ2n) is 9.00. The zero-order valence-electron chi connectivity index (χ0n) is 21.1. The Morgan fingerprint density at radius 1 is 0.588 bits per heavy atom. The molecule has 0 saturated carbocycles. The van der Waals surface area contributed by atoms with Crippen molar-refractivity contribution in [3.63, 3.8) is 0 Å². The van der Waals surface area contributed by atoms with Gasteiger partial charge in [-0.2, -0.15) is 0 Å². The Morgan fingerprint density at radius 3 is 1.12 bits per heavy atom. The van der Waals surface area contributed by atoms with E-state index in [0.717, 1.165) is 0 Å². The molecule has 2 aromatic carbocycles. The van der Waals surface area contributed by atoms with Crippen LogP contribution in [0, 0.1) is 0 Å². The highest BCUT2D eigenvalue weighted by molar-refractivity contribution is 6.43. The predicted octanol–water partition coefficient (Wildman–Crippen LogP) is 4.76. The van der Waals surface area contributed by atoms with Gasteiger partial charge in [0.05, 0.1) is 14.2 Å². The maximum Gasteiger partial charge on any atom is 0.360 e. The molecule has 0 aliphatic rings. The van der Waals surface area contributed by atoms with Crippen LogP contribution in [0.3, 0.4) is 0 Å². The van der Waals surface area contributed by atoms with Gasteiger partial charge in [-0.3, -0.25) is 0 Å². The number of ether oxygens (including phenoxy) is 2. The zero-order valence-corrected chi connectivity index (χ0v) is 21.1. The highest BCUT2D eigenvalue weighted by Gasteiger charge is 2.19. The number of nitrogens with zero attached hydrogens (tertiary/aromatic N) is 2. The van der Waals surface area contributed by atoms with Gasteiger partial charge in [-0.25, -0.2) is 9.59 Å². The van der Waals surface area contributed by atoms with Crippen LogP contribution in [-0.2, 0) is 28.7 Å². The molecule has 2 aromatic rings. The third-order valence-corrected chi connectivity index (χ3v) is 3.67. The van der Waals surface area contributed by atoms with E-state index in [1.165, 1.54) is 14.2 Å². The molecule has 184 valence electrons. The lowest BCUT2D eigenvalue weighted by Gasteiger charge is -2.16. The molecule has 0 bridgehead atoms. The van der Waals surface area contributed by atoms with Crippen LogP contribution in [0.1, 0.15) is 52.7 Å². The molecular weight excluding hydrogens is 436 g/mol. The normalized spacial score (nSPS) is 12.1. The zero-order chi connectivity index (χ0) is 25.8. The Bertz CT molecular complexity index is 890. The number of esters is 2. The van der Waals surface area contributed by atoms with Crippen LogP contribution in [0.4, 0.5) is 0 Å². The highest BCUT2D eigenvalue weighted by Crippen LogP contribution is 2.11. The van der Waals surface area contributed by atoms with Gasteiger partial charge in [-0.1, -0.05) is 71.0 Å². The topological polar surface area (TPSA) is 95.8 Å². The van der Waals surface area contributed by atoms with Gasteiger partial charge in [-0.15, -0.1) is 0 Å². The van der Waals surface area contributed by atoms with E-state index in [4.69, 9.17) is 9.68 Å². The Labute approximate surface area is 201 Å². The first-order valence-corrected chi connectivity index (χ1v) is 10.7. The minimum Gasteiger partial charge on any atom is -0.464 e. The Kier molecular flexibility index (Phi) is 10.9. The number of methoxy groups -OCH3 is 2. The molecule has 0 amide bonds. The molecule has 0 aromatic heterocycles.